The van der Waals surface area contributed by atoms with Crippen molar-refractivity contribution >= 4 is 12.1 Å². The van der Waals surface area contributed by atoms with Gasteiger partial charge in [0.05, 0.1) is 0 Å². The third-order valence-corrected chi connectivity index (χ3v) is 3.37. The predicted molar refractivity (Wildman–Crippen MR) is 82.8 cm³/mol. The second-order valence-electron chi connectivity index (χ2n) is 5.06. The predicted octanol–water partition coefficient (Wildman–Crippen LogP) is -0.408. The van der Waals surface area contributed by atoms with Crippen LogP contribution in [0.3, 0.4) is 0 Å². The van der Waals surface area contributed by atoms with Gasteiger partial charge in [0.1, 0.15) is 19.6 Å². The molecule has 0 unspecified atom stereocenters. The Balaban J connectivity index is 0.00000176. The molecule has 0 aliphatic carbocycles. The zero-order chi connectivity index (χ0) is 14.5. The molecule has 0 saturated heterocycles. The van der Waals surface area contributed by atoms with E-state index in [0.717, 1.165) is 12.1 Å². The monoisotopic (exact) mass is 358 g/mol. The zero-order valence-corrected chi connectivity index (χ0v) is 13.7. The van der Waals surface area contributed by atoms with Gasteiger partial charge in [-0.15, -0.1) is 0 Å². The van der Waals surface area contributed by atoms with E-state index >= 15 is 0 Å². The van der Waals surface area contributed by atoms with Crippen molar-refractivity contribution in [1.82, 2.24) is 9.91 Å². The van der Waals surface area contributed by atoms with Crippen LogP contribution in [0.5, 0.6) is 0 Å². The molecule has 0 saturated carbocycles. The highest BCUT2D eigenvalue weighted by atomic mass is 79.9. The fraction of sp³-hybridized carbons (Fsp3) is 0.176. The molecule has 1 aliphatic rings. The van der Waals surface area contributed by atoms with Crippen molar-refractivity contribution in [3.05, 3.63) is 71.8 Å². The van der Waals surface area contributed by atoms with Crippen molar-refractivity contribution in [2.45, 2.75) is 6.54 Å². The topological polar surface area (TPSA) is 35.9 Å². The molecule has 0 bridgehead atoms. The second kappa shape index (κ2) is 7.75. The summed E-state index contributed by atoms with van der Waals surface area (Å²) in [6, 6.07) is 19.6. The van der Waals surface area contributed by atoms with Crippen LogP contribution in [-0.4, -0.2) is 35.2 Å². The summed E-state index contributed by atoms with van der Waals surface area (Å²) in [6.45, 7) is 1.76. The van der Waals surface area contributed by atoms with E-state index in [1.165, 1.54) is 5.56 Å². The van der Waals surface area contributed by atoms with Gasteiger partial charge in [0.25, 0.3) is 0 Å². The Morgan fingerprint density at radius 2 is 1.64 bits per heavy atom. The summed E-state index contributed by atoms with van der Waals surface area (Å²) in [6.07, 6.45) is 1.80. The average Bonchev–Trinajstić information content (AvgIpc) is 2.96. The Labute approximate surface area is 140 Å². The number of benzene rings is 2. The zero-order valence-electron chi connectivity index (χ0n) is 12.1. The molecule has 2 aromatic carbocycles. The van der Waals surface area contributed by atoms with Crippen molar-refractivity contribution in [3.8, 4) is 0 Å². The molecule has 0 radical (unpaired) electrons. The van der Waals surface area contributed by atoms with E-state index in [1.54, 1.807) is 11.3 Å². The Morgan fingerprint density at radius 3 is 2.32 bits per heavy atom. The fourth-order valence-corrected chi connectivity index (χ4v) is 2.31. The van der Waals surface area contributed by atoms with Crippen LogP contribution < -0.4 is 17.0 Å². The highest BCUT2D eigenvalue weighted by Crippen LogP contribution is 2.10. The summed E-state index contributed by atoms with van der Waals surface area (Å²) in [5.41, 5.74) is 1.97. The molecule has 1 heterocycles. The molecule has 114 valence electrons. The van der Waals surface area contributed by atoms with Crippen molar-refractivity contribution in [2.75, 3.05) is 13.2 Å². The first-order valence-electron chi connectivity index (χ1n) is 6.96. The van der Waals surface area contributed by atoms with Gasteiger partial charge in [-0.3, -0.25) is 9.80 Å². The number of rotatable bonds is 5. The van der Waals surface area contributed by atoms with Crippen LogP contribution in [0.4, 0.5) is 0 Å². The summed E-state index contributed by atoms with van der Waals surface area (Å²) in [7, 11) is 0. The Morgan fingerprint density at radius 1 is 1.00 bits per heavy atom. The maximum atomic E-state index is 12.1. The van der Waals surface area contributed by atoms with Crippen LogP contribution in [0.2, 0.25) is 0 Å². The minimum Gasteiger partial charge on any atom is -1.00 e. The molecule has 0 aromatic heterocycles. The molecule has 0 atom stereocenters. The average molecular weight is 359 g/mol. The van der Waals surface area contributed by atoms with Crippen LogP contribution in [0.25, 0.3) is 0 Å². The summed E-state index contributed by atoms with van der Waals surface area (Å²) in [4.78, 5) is 14.2. The van der Waals surface area contributed by atoms with E-state index < -0.39 is 0 Å². The van der Waals surface area contributed by atoms with Crippen molar-refractivity contribution in [1.29, 1.82) is 0 Å². The number of Topliss-reactive ketones (excluding diaryl/α,β-unsaturated/α-hetero) is 1. The maximum Gasteiger partial charge on any atom is 0.183 e. The number of nitrogens with zero attached hydrogens (tertiary/aromatic N) is 3. The number of halogens is 1. The highest BCUT2D eigenvalue weighted by molar-refractivity contribution is 5.97. The van der Waals surface area contributed by atoms with Gasteiger partial charge in [-0.25, -0.2) is 0 Å². The summed E-state index contributed by atoms with van der Waals surface area (Å²) in [5.74, 6) is 0.0920. The number of hydrogen-bond donors (Lipinski definition) is 0. The molecule has 0 fully saturated rings. The van der Waals surface area contributed by atoms with Gasteiger partial charge in [0.15, 0.2) is 5.78 Å². The molecule has 1 aliphatic heterocycles. The van der Waals surface area contributed by atoms with Gasteiger partial charge < -0.3 is 21.9 Å². The molecule has 0 spiro atoms. The third kappa shape index (κ3) is 4.18. The van der Waals surface area contributed by atoms with E-state index in [9.17, 15) is 4.79 Å². The number of hydrogen-bond acceptors (Lipinski definition) is 4. The number of carbonyl (C=O) groups is 1. The van der Waals surface area contributed by atoms with Crippen LogP contribution >= 0.6 is 0 Å². The lowest BCUT2D eigenvalue weighted by molar-refractivity contribution is -0.0000126. The van der Waals surface area contributed by atoms with Gasteiger partial charge in [0, 0.05) is 12.1 Å². The summed E-state index contributed by atoms with van der Waals surface area (Å²) in [5, 5.41) is 6.08. The minimum absolute atomic E-state index is 0. The van der Waals surface area contributed by atoms with Crippen LogP contribution in [0.15, 0.2) is 65.8 Å². The molecular formula is C17H17BrN3O-. The lowest BCUT2D eigenvalue weighted by atomic mass is 10.1. The maximum absolute atomic E-state index is 12.1. The summed E-state index contributed by atoms with van der Waals surface area (Å²) < 4.78 is 0. The standard InChI is InChI=1S/C17H17N3O.BrH/c21-17(16-9-5-2-6-10-16)12-20-14-19(13-18-20)11-15-7-3-1-4-8-15;/h1-10,13H,11-12,14H2;1H/p-1. The first-order chi connectivity index (χ1) is 10.3. The summed E-state index contributed by atoms with van der Waals surface area (Å²) >= 11 is 0. The third-order valence-electron chi connectivity index (χ3n) is 3.37. The quantitative estimate of drug-likeness (QED) is 0.682. The molecule has 22 heavy (non-hydrogen) atoms. The SMILES string of the molecule is O=C(CN1CN(Cc2ccccc2)C=N1)c1ccccc1.[Br-]. The molecule has 3 rings (SSSR count). The lowest BCUT2D eigenvalue weighted by Gasteiger charge is -2.18. The van der Waals surface area contributed by atoms with E-state index in [4.69, 9.17) is 0 Å². The highest BCUT2D eigenvalue weighted by Gasteiger charge is 2.17. The molecule has 5 heteroatoms. The minimum atomic E-state index is 0. The van der Waals surface area contributed by atoms with Gasteiger partial charge in [-0.2, -0.15) is 5.10 Å². The smallest absolute Gasteiger partial charge is 0.183 e. The Kier molecular flexibility index (Phi) is 5.72. The van der Waals surface area contributed by atoms with Crippen molar-refractivity contribution in [3.63, 3.8) is 0 Å². The van der Waals surface area contributed by atoms with Crippen LogP contribution in [-0.2, 0) is 6.54 Å². The van der Waals surface area contributed by atoms with E-state index in [1.807, 2.05) is 48.5 Å². The largest absolute Gasteiger partial charge is 1.00 e. The molecule has 2 aromatic rings. The number of carbonyl (C=O) groups excluding carboxylic acids is 1. The molecular weight excluding hydrogens is 342 g/mol. The normalized spacial score (nSPS) is 13.1. The first kappa shape index (κ1) is 16.2. The van der Waals surface area contributed by atoms with Gasteiger partial charge in [-0.1, -0.05) is 60.7 Å². The molecule has 0 amide bonds. The van der Waals surface area contributed by atoms with Crippen LogP contribution in [0.1, 0.15) is 15.9 Å². The van der Waals surface area contributed by atoms with E-state index in [0.29, 0.717) is 13.2 Å². The van der Waals surface area contributed by atoms with E-state index in [-0.39, 0.29) is 22.8 Å². The molecule has 0 N–H and O–H groups in total. The lowest BCUT2D eigenvalue weighted by Crippen LogP contribution is -3.00. The van der Waals surface area contributed by atoms with E-state index in [2.05, 4.69) is 22.1 Å². The van der Waals surface area contributed by atoms with Gasteiger partial charge in [-0.05, 0) is 5.56 Å². The fourth-order valence-electron chi connectivity index (χ4n) is 2.31. The Bertz CT molecular complexity index is 631. The number of ketones is 1. The molecule has 4 nitrogen and oxygen atoms in total. The van der Waals surface area contributed by atoms with Gasteiger partial charge >= 0.3 is 0 Å². The first-order valence-corrected chi connectivity index (χ1v) is 6.96. The second-order valence-corrected chi connectivity index (χ2v) is 5.06. The van der Waals surface area contributed by atoms with Gasteiger partial charge in [0.2, 0.25) is 0 Å². The van der Waals surface area contributed by atoms with Crippen molar-refractivity contribution < 1.29 is 21.8 Å². The Hall–Kier alpha value is -2.14. The van der Waals surface area contributed by atoms with Crippen molar-refractivity contribution in [2.24, 2.45) is 5.10 Å². The number of hydrazone groups is 1. The van der Waals surface area contributed by atoms with Crippen LogP contribution in [0, 0.1) is 0 Å².